The number of benzene rings is 2. The lowest BCUT2D eigenvalue weighted by molar-refractivity contribution is -0.144. The molecule has 2 aliphatic heterocycles. The summed E-state index contributed by atoms with van der Waals surface area (Å²) >= 11 is 6.31. The number of likely N-dealkylation sites (tertiary alicyclic amines) is 1. The molecule has 1 spiro atoms. The Morgan fingerprint density at radius 2 is 1.96 bits per heavy atom. The molecule has 0 bridgehead atoms. The van der Waals surface area contributed by atoms with E-state index in [0.29, 0.717) is 87.6 Å². The number of aryl methyl sites for hydroxylation is 1. The topological polar surface area (TPSA) is 119 Å². The smallest absolute Gasteiger partial charge is 0.329 e. The number of carboxylic acid groups (broad SMARTS) is 1. The highest BCUT2D eigenvalue weighted by molar-refractivity contribution is 6.30. The summed E-state index contributed by atoms with van der Waals surface area (Å²) < 4.78 is 25.5. The zero-order valence-corrected chi connectivity index (χ0v) is 33.0. The van der Waals surface area contributed by atoms with E-state index in [-0.39, 0.29) is 29.3 Å². The van der Waals surface area contributed by atoms with Crippen molar-refractivity contribution in [3.05, 3.63) is 76.1 Å². The predicted molar refractivity (Wildman–Crippen MR) is 211 cm³/mol. The minimum atomic E-state index is -1.11. The number of nitrogens with zero attached hydrogens (tertiary/aromatic N) is 2. The number of amides is 1. The fraction of sp³-hybridized carbons (Fsp3) is 0.568. The summed E-state index contributed by atoms with van der Waals surface area (Å²) in [6.45, 7) is 7.16. The Morgan fingerprint density at radius 3 is 2.73 bits per heavy atom. The number of carbonyl (C=O) groups excluding carboxylic acids is 1. The highest BCUT2D eigenvalue weighted by Gasteiger charge is 2.54. The van der Waals surface area contributed by atoms with Crippen molar-refractivity contribution in [2.24, 2.45) is 17.8 Å². The number of carboxylic acids is 1. The Morgan fingerprint density at radius 1 is 1.13 bits per heavy atom. The predicted octanol–water partition coefficient (Wildman–Crippen LogP) is 7.83. The number of nitrogens with one attached hydrogen (secondary N) is 1. The van der Waals surface area contributed by atoms with Crippen LogP contribution < -0.4 is 19.5 Å². The van der Waals surface area contributed by atoms with Gasteiger partial charge in [-0.1, -0.05) is 31.5 Å². The van der Waals surface area contributed by atoms with Crippen LogP contribution in [-0.4, -0.2) is 78.5 Å². The molecular weight excluding hydrogens is 718 g/mol. The summed E-state index contributed by atoms with van der Waals surface area (Å²) in [5.41, 5.74) is 4.33. The molecule has 55 heavy (non-hydrogen) atoms. The van der Waals surface area contributed by atoms with Crippen molar-refractivity contribution in [1.29, 1.82) is 0 Å². The lowest BCUT2D eigenvalue weighted by atomic mass is 9.59. The van der Waals surface area contributed by atoms with Crippen LogP contribution in [0.15, 0.2) is 48.7 Å². The van der Waals surface area contributed by atoms with Crippen LogP contribution in [0.25, 0.3) is 0 Å². The second-order valence-electron chi connectivity index (χ2n) is 17.1. The van der Waals surface area contributed by atoms with E-state index in [1.54, 1.807) is 17.0 Å². The maximum Gasteiger partial charge on any atom is 0.329 e. The van der Waals surface area contributed by atoms with Gasteiger partial charge in [0.05, 0.1) is 19.8 Å². The van der Waals surface area contributed by atoms with E-state index in [4.69, 9.17) is 30.5 Å². The average molecular weight is 772 g/mol. The monoisotopic (exact) mass is 771 g/mol. The van der Waals surface area contributed by atoms with E-state index >= 15 is 0 Å². The highest BCUT2D eigenvalue weighted by atomic mass is 35.5. The van der Waals surface area contributed by atoms with Crippen molar-refractivity contribution in [3.8, 4) is 17.2 Å². The van der Waals surface area contributed by atoms with E-state index in [1.165, 1.54) is 28.8 Å². The summed E-state index contributed by atoms with van der Waals surface area (Å²) in [5, 5.41) is 14.7. The fourth-order valence-corrected chi connectivity index (χ4v) is 10.4. The highest BCUT2D eigenvalue weighted by Crippen LogP contribution is 2.58. The van der Waals surface area contributed by atoms with Crippen LogP contribution in [-0.2, 0) is 32.6 Å². The third kappa shape index (κ3) is 7.61. The van der Waals surface area contributed by atoms with E-state index in [1.807, 2.05) is 31.4 Å². The number of aromatic nitrogens is 1. The molecule has 5 aliphatic rings. The van der Waals surface area contributed by atoms with E-state index < -0.39 is 11.5 Å². The summed E-state index contributed by atoms with van der Waals surface area (Å²) in [6, 6.07) is 13.7. The summed E-state index contributed by atoms with van der Waals surface area (Å²) in [6.07, 6.45) is 9.68. The molecule has 3 aliphatic carbocycles. The van der Waals surface area contributed by atoms with Crippen molar-refractivity contribution in [2.75, 3.05) is 45.3 Å². The molecule has 1 saturated carbocycles. The van der Waals surface area contributed by atoms with Crippen LogP contribution in [0.1, 0.15) is 93.5 Å². The van der Waals surface area contributed by atoms with Gasteiger partial charge in [-0.2, -0.15) is 0 Å². The summed E-state index contributed by atoms with van der Waals surface area (Å²) in [5.74, 6) is 2.95. The van der Waals surface area contributed by atoms with Crippen LogP contribution >= 0.6 is 11.6 Å². The van der Waals surface area contributed by atoms with Crippen LogP contribution in [0, 0.1) is 17.8 Å². The molecule has 2 aromatic carbocycles. The molecule has 8 rings (SSSR count). The number of halogens is 1. The first-order chi connectivity index (χ1) is 26.5. The van der Waals surface area contributed by atoms with Gasteiger partial charge < -0.3 is 34.3 Å². The number of fused-ring (bicyclic) bond motifs is 4. The van der Waals surface area contributed by atoms with E-state index in [2.05, 4.69) is 36.3 Å². The molecule has 3 heterocycles. The minimum absolute atomic E-state index is 0.160. The zero-order valence-electron chi connectivity index (χ0n) is 32.3. The molecule has 1 aromatic heterocycles. The molecular formula is C44H54ClN3O7. The van der Waals surface area contributed by atoms with Crippen LogP contribution in [0.2, 0.25) is 5.02 Å². The lowest BCUT2D eigenvalue weighted by Gasteiger charge is -2.47. The number of rotatable bonds is 12. The number of carbonyl (C=O) groups is 2. The number of hydrogen-bond acceptors (Lipinski definition) is 8. The van der Waals surface area contributed by atoms with Gasteiger partial charge in [-0.3, -0.25) is 9.78 Å². The Kier molecular flexibility index (Phi) is 10.7. The first kappa shape index (κ1) is 37.9. The van der Waals surface area contributed by atoms with Gasteiger partial charge in [0.15, 0.2) is 17.6 Å². The Labute approximate surface area is 329 Å². The van der Waals surface area contributed by atoms with E-state index in [0.717, 1.165) is 42.9 Å². The lowest BCUT2D eigenvalue weighted by Crippen LogP contribution is -2.53. The second kappa shape index (κ2) is 15.5. The largest absolute Gasteiger partial charge is 0.493 e. The maximum atomic E-state index is 13.1. The Balaban J connectivity index is 1.02. The molecule has 2 fully saturated rings. The van der Waals surface area contributed by atoms with Gasteiger partial charge >= 0.3 is 5.97 Å². The Hall–Kier alpha value is -4.02. The molecule has 0 radical (unpaired) electrons. The molecule has 1 unspecified atom stereocenters. The number of anilines is 1. The molecule has 1 amide bonds. The van der Waals surface area contributed by atoms with Crippen molar-refractivity contribution in [2.45, 2.75) is 101 Å². The van der Waals surface area contributed by atoms with Crippen molar-refractivity contribution in [3.63, 3.8) is 0 Å². The minimum Gasteiger partial charge on any atom is -0.493 e. The molecule has 2 N–H and O–H groups in total. The summed E-state index contributed by atoms with van der Waals surface area (Å²) in [7, 11) is 1.83. The van der Waals surface area contributed by atoms with Gasteiger partial charge in [0.2, 0.25) is 5.91 Å². The SMILES string of the molecule is C[C@@H](COc1ccnc2c1[C@H](C)CCC2)C[C@H]1Cc2cc3c(cc2C12CCC(Nc1cccc(Cl)c1)(C(=O)O)CC2)O[C@H](COCC1CC(=O)N(C)C1)CO3. The van der Waals surface area contributed by atoms with Crippen molar-refractivity contribution in [1.82, 2.24) is 9.88 Å². The van der Waals surface area contributed by atoms with E-state index in [9.17, 15) is 14.7 Å². The molecule has 11 heteroatoms. The number of hydrogen-bond donors (Lipinski definition) is 2. The normalized spacial score (nSPS) is 28.8. The van der Waals surface area contributed by atoms with Crippen LogP contribution in [0.3, 0.4) is 0 Å². The number of pyridine rings is 1. The van der Waals surface area contributed by atoms with Gasteiger partial charge in [-0.05, 0) is 128 Å². The average Bonchev–Trinajstić information content (AvgIpc) is 3.63. The Bertz CT molecular complexity index is 1910. The van der Waals surface area contributed by atoms with Gasteiger partial charge in [-0.15, -0.1) is 0 Å². The molecule has 10 nitrogen and oxygen atoms in total. The molecule has 1 saturated heterocycles. The first-order valence-corrected chi connectivity index (χ1v) is 20.6. The van der Waals surface area contributed by atoms with Crippen LogP contribution in [0.5, 0.6) is 17.2 Å². The molecule has 3 aromatic rings. The standard InChI is InChI=1S/C44H54ClN3O7/c1-27(23-53-37-10-15-46-36-9-4-6-28(2)41(36)37)16-31-18-30-19-38-39(55-34(26-54-38)25-52-24-29-17-40(49)48(3)22-29)21-35(30)43(31)11-13-44(14-12-43,42(50)51)47-33-8-5-7-32(45)20-33/h5,7-8,10,15,19-21,27-29,31,34,47H,4,6,9,11-14,16-18,22-26H2,1-3H3,(H,50,51)/t27-,28-,29?,31+,34-,43?,44?/m1/s1. The third-order valence-corrected chi connectivity index (χ3v) is 13.4. The van der Waals surface area contributed by atoms with Gasteiger partial charge in [-0.25, -0.2) is 4.79 Å². The van der Waals surface area contributed by atoms with Crippen molar-refractivity contribution >= 4 is 29.2 Å². The summed E-state index contributed by atoms with van der Waals surface area (Å²) in [4.78, 5) is 31.5. The van der Waals surface area contributed by atoms with Gasteiger partial charge in [0.1, 0.15) is 17.9 Å². The quantitative estimate of drug-likeness (QED) is 0.190. The van der Waals surface area contributed by atoms with Crippen LogP contribution in [0.4, 0.5) is 5.69 Å². The first-order valence-electron chi connectivity index (χ1n) is 20.2. The zero-order chi connectivity index (χ0) is 38.3. The fourth-order valence-electron chi connectivity index (χ4n) is 10.2. The number of aliphatic carboxylic acids is 1. The van der Waals surface area contributed by atoms with Gasteiger partial charge in [0.25, 0.3) is 0 Å². The third-order valence-electron chi connectivity index (χ3n) is 13.2. The second-order valence-corrected chi connectivity index (χ2v) is 17.5. The van der Waals surface area contributed by atoms with Crippen molar-refractivity contribution < 1.29 is 33.6 Å². The molecule has 294 valence electrons. The maximum absolute atomic E-state index is 13.1. The van der Waals surface area contributed by atoms with Gasteiger partial charge in [0, 0.05) is 54.1 Å². The number of ether oxygens (including phenoxy) is 4. The molecule has 5 atom stereocenters.